The van der Waals surface area contributed by atoms with Gasteiger partial charge in [0.15, 0.2) is 0 Å². The average Bonchev–Trinajstić information content (AvgIpc) is 2.25. The van der Waals surface area contributed by atoms with Gasteiger partial charge in [0.1, 0.15) is 0 Å². The van der Waals surface area contributed by atoms with Crippen molar-refractivity contribution in [3.63, 3.8) is 0 Å². The summed E-state index contributed by atoms with van der Waals surface area (Å²) in [6.07, 6.45) is 5.00. The van der Waals surface area contributed by atoms with Gasteiger partial charge in [0, 0.05) is 0 Å². The van der Waals surface area contributed by atoms with E-state index in [9.17, 15) is 4.79 Å². The zero-order valence-corrected chi connectivity index (χ0v) is 12.1. The van der Waals surface area contributed by atoms with Gasteiger partial charge in [0.25, 0.3) is 0 Å². The van der Waals surface area contributed by atoms with E-state index < -0.39 is 0 Å². The van der Waals surface area contributed by atoms with Crippen LogP contribution < -0.4 is 0 Å². The lowest BCUT2D eigenvalue weighted by Crippen LogP contribution is -2.28. The van der Waals surface area contributed by atoms with Gasteiger partial charge < -0.3 is 4.74 Å². The van der Waals surface area contributed by atoms with Crippen molar-refractivity contribution in [2.75, 3.05) is 6.61 Å². The minimum Gasteiger partial charge on any atom is -0.465 e. The summed E-state index contributed by atoms with van der Waals surface area (Å²) in [5, 5.41) is 0. The normalized spacial score (nSPS) is 26.0. The number of esters is 1. The molecule has 0 atom stereocenters. The minimum atomic E-state index is -0.0528. The largest absolute Gasteiger partial charge is 0.465 e. The Hall–Kier alpha value is -0.530. The predicted octanol–water partition coefficient (Wildman–Crippen LogP) is 4.04. The van der Waals surface area contributed by atoms with Gasteiger partial charge in [-0.15, -0.1) is 0 Å². The third-order valence-corrected chi connectivity index (χ3v) is 4.00. The molecule has 1 aliphatic carbocycles. The second kappa shape index (κ2) is 5.88. The van der Waals surface area contributed by atoms with Crippen LogP contribution in [0.2, 0.25) is 0 Å². The van der Waals surface area contributed by atoms with Gasteiger partial charge in [-0.1, -0.05) is 34.6 Å². The molecule has 0 radical (unpaired) electrons. The van der Waals surface area contributed by atoms with Crippen LogP contribution in [0.5, 0.6) is 0 Å². The van der Waals surface area contributed by atoms with Gasteiger partial charge in [-0.3, -0.25) is 4.79 Å². The van der Waals surface area contributed by atoms with Gasteiger partial charge in [-0.2, -0.15) is 0 Å². The van der Waals surface area contributed by atoms with Crippen molar-refractivity contribution in [1.82, 2.24) is 0 Å². The topological polar surface area (TPSA) is 26.3 Å². The van der Waals surface area contributed by atoms with Crippen LogP contribution in [0.15, 0.2) is 0 Å². The molecule has 0 aromatic rings. The van der Waals surface area contributed by atoms with Gasteiger partial charge in [-0.05, 0) is 42.9 Å². The summed E-state index contributed by atoms with van der Waals surface area (Å²) in [4.78, 5) is 11.4. The van der Waals surface area contributed by atoms with E-state index in [0.717, 1.165) is 5.92 Å². The lowest BCUT2D eigenvalue weighted by molar-refractivity contribution is -0.149. The van der Waals surface area contributed by atoms with E-state index in [2.05, 4.69) is 20.8 Å². The lowest BCUT2D eigenvalue weighted by Gasteiger charge is -2.36. The molecule has 0 saturated heterocycles. The fourth-order valence-electron chi connectivity index (χ4n) is 2.56. The lowest BCUT2D eigenvalue weighted by atomic mass is 9.70. The molecule has 100 valence electrons. The highest BCUT2D eigenvalue weighted by Gasteiger charge is 2.30. The molecule has 1 saturated carbocycles. The van der Waals surface area contributed by atoms with E-state index in [0.29, 0.717) is 17.9 Å². The van der Waals surface area contributed by atoms with Crippen molar-refractivity contribution in [2.24, 2.45) is 23.2 Å². The van der Waals surface area contributed by atoms with E-state index in [1.54, 1.807) is 0 Å². The molecule has 0 N–H and O–H groups in total. The Bertz CT molecular complexity index is 242. The van der Waals surface area contributed by atoms with Crippen molar-refractivity contribution in [1.29, 1.82) is 0 Å². The van der Waals surface area contributed by atoms with Gasteiger partial charge >= 0.3 is 5.97 Å². The third kappa shape index (κ3) is 4.69. The number of carbonyl (C=O) groups is 1. The van der Waals surface area contributed by atoms with Crippen LogP contribution in [0.25, 0.3) is 0 Å². The smallest absolute Gasteiger partial charge is 0.308 e. The summed E-state index contributed by atoms with van der Waals surface area (Å²) in [5.74, 6) is 1.37. The quantitative estimate of drug-likeness (QED) is 0.696. The van der Waals surface area contributed by atoms with Crippen molar-refractivity contribution >= 4 is 5.97 Å². The maximum absolute atomic E-state index is 11.4. The third-order valence-electron chi connectivity index (χ3n) is 4.00. The number of rotatable bonds is 3. The summed E-state index contributed by atoms with van der Waals surface area (Å²) in [5.41, 5.74) is 0.430. The second-order valence-corrected chi connectivity index (χ2v) is 6.87. The number of hydrogen-bond donors (Lipinski definition) is 0. The molecule has 2 nitrogen and oxygen atoms in total. The Morgan fingerprint density at radius 2 is 1.71 bits per heavy atom. The summed E-state index contributed by atoms with van der Waals surface area (Å²) in [7, 11) is 0. The molecule has 0 spiro atoms. The molecular weight excluding hydrogens is 212 g/mol. The van der Waals surface area contributed by atoms with Gasteiger partial charge in [0.05, 0.1) is 12.5 Å². The monoisotopic (exact) mass is 240 g/mol. The van der Waals surface area contributed by atoms with Crippen LogP contribution in [-0.4, -0.2) is 12.6 Å². The summed E-state index contributed by atoms with van der Waals surface area (Å²) >= 11 is 0. The Morgan fingerprint density at radius 3 is 2.12 bits per heavy atom. The SMILES string of the molecule is CC(C)C(=O)OCC1CCC(C(C)(C)C)CC1. The molecule has 1 fully saturated rings. The maximum atomic E-state index is 11.4. The minimum absolute atomic E-state index is 0.000846. The first-order valence-corrected chi connectivity index (χ1v) is 6.97. The standard InChI is InChI=1S/C15H28O2/c1-11(2)14(16)17-10-12-6-8-13(9-7-12)15(3,4)5/h11-13H,6-10H2,1-5H3. The molecular formula is C15H28O2. The zero-order chi connectivity index (χ0) is 13.1. The van der Waals surface area contributed by atoms with Crippen molar-refractivity contribution in [3.8, 4) is 0 Å². The highest BCUT2D eigenvalue weighted by Crippen LogP contribution is 2.39. The molecule has 1 rings (SSSR count). The number of carbonyl (C=O) groups excluding carboxylic acids is 1. The summed E-state index contributed by atoms with van der Waals surface area (Å²) in [6, 6.07) is 0. The highest BCUT2D eigenvalue weighted by molar-refractivity contribution is 5.71. The first-order chi connectivity index (χ1) is 7.80. The van der Waals surface area contributed by atoms with Crippen LogP contribution in [0.4, 0.5) is 0 Å². The second-order valence-electron chi connectivity index (χ2n) is 6.87. The number of hydrogen-bond acceptors (Lipinski definition) is 2. The van der Waals surface area contributed by atoms with Crippen LogP contribution in [0.3, 0.4) is 0 Å². The Labute approximate surface area is 106 Å². The number of ether oxygens (including phenoxy) is 1. The predicted molar refractivity (Wildman–Crippen MR) is 70.7 cm³/mol. The van der Waals surface area contributed by atoms with Gasteiger partial charge in [0.2, 0.25) is 0 Å². The molecule has 1 aliphatic rings. The fourth-order valence-corrected chi connectivity index (χ4v) is 2.56. The summed E-state index contributed by atoms with van der Waals surface area (Å²) in [6.45, 7) is 11.4. The Morgan fingerprint density at radius 1 is 1.18 bits per heavy atom. The summed E-state index contributed by atoms with van der Waals surface area (Å²) < 4.78 is 5.32. The molecule has 17 heavy (non-hydrogen) atoms. The molecule has 0 bridgehead atoms. The van der Waals surface area contributed by atoms with Crippen LogP contribution in [-0.2, 0) is 9.53 Å². The molecule has 0 aromatic heterocycles. The maximum Gasteiger partial charge on any atom is 0.308 e. The molecule has 0 aliphatic heterocycles. The van der Waals surface area contributed by atoms with E-state index in [-0.39, 0.29) is 11.9 Å². The fraction of sp³-hybridized carbons (Fsp3) is 0.933. The molecule has 0 aromatic carbocycles. The Balaban J connectivity index is 2.26. The van der Waals surface area contributed by atoms with Crippen LogP contribution in [0.1, 0.15) is 60.3 Å². The van der Waals surface area contributed by atoms with E-state index >= 15 is 0 Å². The first kappa shape index (κ1) is 14.5. The Kier molecular flexibility index (Phi) is 5.03. The highest BCUT2D eigenvalue weighted by atomic mass is 16.5. The molecule has 2 heteroatoms. The van der Waals surface area contributed by atoms with Crippen molar-refractivity contribution in [2.45, 2.75) is 60.3 Å². The van der Waals surface area contributed by atoms with Crippen LogP contribution in [0, 0.1) is 23.2 Å². The molecule has 0 heterocycles. The first-order valence-electron chi connectivity index (χ1n) is 6.97. The zero-order valence-electron chi connectivity index (χ0n) is 12.1. The average molecular weight is 240 g/mol. The van der Waals surface area contributed by atoms with E-state index in [4.69, 9.17) is 4.74 Å². The van der Waals surface area contributed by atoms with E-state index in [1.807, 2.05) is 13.8 Å². The van der Waals surface area contributed by atoms with Gasteiger partial charge in [-0.25, -0.2) is 0 Å². The van der Waals surface area contributed by atoms with Crippen molar-refractivity contribution < 1.29 is 9.53 Å². The van der Waals surface area contributed by atoms with Crippen molar-refractivity contribution in [3.05, 3.63) is 0 Å². The molecule has 0 unspecified atom stereocenters. The molecule has 0 amide bonds. The van der Waals surface area contributed by atoms with E-state index in [1.165, 1.54) is 25.7 Å². The van der Waals surface area contributed by atoms with Crippen LogP contribution >= 0.6 is 0 Å².